The van der Waals surface area contributed by atoms with E-state index < -0.39 is 0 Å². The predicted molar refractivity (Wildman–Crippen MR) is 78.0 cm³/mol. The summed E-state index contributed by atoms with van der Waals surface area (Å²) < 4.78 is 5.00. The van der Waals surface area contributed by atoms with Crippen molar-refractivity contribution in [2.24, 2.45) is 0 Å². The normalized spacial score (nSPS) is 15.3. The topological polar surface area (TPSA) is 62.5 Å². The summed E-state index contributed by atoms with van der Waals surface area (Å²) in [6.45, 7) is 4.88. The van der Waals surface area contributed by atoms with Crippen LogP contribution in [0.4, 0.5) is 5.69 Å². The van der Waals surface area contributed by atoms with Crippen LogP contribution in [0.15, 0.2) is 34.9 Å². The number of aromatic nitrogens is 2. The van der Waals surface area contributed by atoms with Crippen LogP contribution >= 0.6 is 0 Å². The van der Waals surface area contributed by atoms with Crippen LogP contribution in [0.1, 0.15) is 11.7 Å². The number of amides is 1. The zero-order chi connectivity index (χ0) is 14.7. The maximum absolute atomic E-state index is 12.2. The third kappa shape index (κ3) is 3.21. The zero-order valence-electron chi connectivity index (χ0n) is 12.0. The highest BCUT2D eigenvalue weighted by atomic mass is 16.5. The quantitative estimate of drug-likeness (QED) is 0.850. The molecule has 1 fully saturated rings. The molecule has 0 bridgehead atoms. The standard InChI is InChI=1S/C15H18N4O2/c1-12-16-14(21-17-12)11-15(20)19-9-7-18(8-10-19)13-5-3-2-4-6-13/h2-6H,7-11H2,1H3. The van der Waals surface area contributed by atoms with Crippen LogP contribution in [0.25, 0.3) is 0 Å². The number of hydrogen-bond acceptors (Lipinski definition) is 5. The smallest absolute Gasteiger partial charge is 0.236 e. The van der Waals surface area contributed by atoms with Gasteiger partial charge in [0.1, 0.15) is 6.42 Å². The average molecular weight is 286 g/mol. The van der Waals surface area contributed by atoms with Crippen molar-refractivity contribution in [1.82, 2.24) is 15.0 Å². The van der Waals surface area contributed by atoms with E-state index in [0.717, 1.165) is 26.2 Å². The highest BCUT2D eigenvalue weighted by molar-refractivity contribution is 5.78. The molecule has 1 aliphatic heterocycles. The first-order chi connectivity index (χ1) is 10.2. The number of piperazine rings is 1. The summed E-state index contributed by atoms with van der Waals surface area (Å²) in [5.74, 6) is 1.00. The van der Waals surface area contributed by atoms with Gasteiger partial charge in [-0.3, -0.25) is 4.79 Å². The molecule has 0 atom stereocenters. The van der Waals surface area contributed by atoms with E-state index >= 15 is 0 Å². The number of anilines is 1. The van der Waals surface area contributed by atoms with Crippen molar-refractivity contribution >= 4 is 11.6 Å². The molecule has 2 aromatic rings. The van der Waals surface area contributed by atoms with E-state index in [1.54, 1.807) is 6.92 Å². The first-order valence-electron chi connectivity index (χ1n) is 7.09. The van der Waals surface area contributed by atoms with Gasteiger partial charge >= 0.3 is 0 Å². The Morgan fingerprint density at radius 1 is 1.19 bits per heavy atom. The fourth-order valence-electron chi connectivity index (χ4n) is 2.51. The fourth-order valence-corrected chi connectivity index (χ4v) is 2.51. The minimum absolute atomic E-state index is 0.0476. The van der Waals surface area contributed by atoms with Gasteiger partial charge in [-0.15, -0.1) is 0 Å². The predicted octanol–water partition coefficient (Wildman–Crippen LogP) is 1.27. The number of hydrogen-bond donors (Lipinski definition) is 0. The Kier molecular flexibility index (Phi) is 3.85. The Balaban J connectivity index is 1.54. The molecule has 1 aromatic heterocycles. The van der Waals surface area contributed by atoms with E-state index in [1.807, 2.05) is 23.1 Å². The van der Waals surface area contributed by atoms with Crippen LogP contribution in [0, 0.1) is 6.92 Å². The molecule has 1 aliphatic rings. The van der Waals surface area contributed by atoms with Crippen molar-refractivity contribution in [3.8, 4) is 0 Å². The number of carbonyl (C=O) groups excluding carboxylic acids is 1. The van der Waals surface area contributed by atoms with Gasteiger partial charge in [-0.05, 0) is 19.1 Å². The zero-order valence-corrected chi connectivity index (χ0v) is 12.0. The Morgan fingerprint density at radius 3 is 2.52 bits per heavy atom. The van der Waals surface area contributed by atoms with Crippen molar-refractivity contribution in [2.75, 3.05) is 31.1 Å². The first-order valence-corrected chi connectivity index (χ1v) is 7.09. The molecule has 6 heteroatoms. The fraction of sp³-hybridized carbons (Fsp3) is 0.400. The SMILES string of the molecule is Cc1noc(CC(=O)N2CCN(c3ccccc3)CC2)n1. The Morgan fingerprint density at radius 2 is 1.90 bits per heavy atom. The lowest BCUT2D eigenvalue weighted by Gasteiger charge is -2.36. The van der Waals surface area contributed by atoms with Gasteiger partial charge in [0.2, 0.25) is 11.8 Å². The van der Waals surface area contributed by atoms with E-state index in [9.17, 15) is 4.79 Å². The number of benzene rings is 1. The van der Waals surface area contributed by atoms with Crippen LogP contribution < -0.4 is 4.90 Å². The molecule has 1 saturated heterocycles. The minimum Gasteiger partial charge on any atom is -0.368 e. The second-order valence-corrected chi connectivity index (χ2v) is 5.12. The molecule has 3 rings (SSSR count). The van der Waals surface area contributed by atoms with Crippen molar-refractivity contribution < 1.29 is 9.32 Å². The molecule has 1 amide bonds. The summed E-state index contributed by atoms with van der Waals surface area (Å²) in [7, 11) is 0. The number of rotatable bonds is 3. The van der Waals surface area contributed by atoms with Gasteiger partial charge < -0.3 is 14.3 Å². The highest BCUT2D eigenvalue weighted by Gasteiger charge is 2.22. The van der Waals surface area contributed by atoms with E-state index in [0.29, 0.717) is 11.7 Å². The monoisotopic (exact) mass is 286 g/mol. The van der Waals surface area contributed by atoms with Crippen molar-refractivity contribution in [1.29, 1.82) is 0 Å². The lowest BCUT2D eigenvalue weighted by Crippen LogP contribution is -2.49. The molecule has 6 nitrogen and oxygen atoms in total. The Bertz CT molecular complexity index is 603. The molecule has 0 radical (unpaired) electrons. The molecule has 0 unspecified atom stereocenters. The lowest BCUT2D eigenvalue weighted by atomic mass is 10.2. The highest BCUT2D eigenvalue weighted by Crippen LogP contribution is 2.16. The maximum atomic E-state index is 12.2. The van der Waals surface area contributed by atoms with Gasteiger partial charge in [0, 0.05) is 31.9 Å². The Hall–Kier alpha value is -2.37. The number of para-hydroxylation sites is 1. The second-order valence-electron chi connectivity index (χ2n) is 5.12. The van der Waals surface area contributed by atoms with Crippen LogP contribution in [-0.4, -0.2) is 47.1 Å². The van der Waals surface area contributed by atoms with E-state index in [2.05, 4.69) is 27.2 Å². The van der Waals surface area contributed by atoms with E-state index in [-0.39, 0.29) is 12.3 Å². The summed E-state index contributed by atoms with van der Waals surface area (Å²) >= 11 is 0. The van der Waals surface area contributed by atoms with Gasteiger partial charge in [0.25, 0.3) is 0 Å². The summed E-state index contributed by atoms with van der Waals surface area (Å²) in [6.07, 6.45) is 0.187. The van der Waals surface area contributed by atoms with Gasteiger partial charge in [0.05, 0.1) is 0 Å². The molecule has 21 heavy (non-hydrogen) atoms. The van der Waals surface area contributed by atoms with E-state index in [1.165, 1.54) is 5.69 Å². The average Bonchev–Trinajstić information content (AvgIpc) is 2.93. The molecule has 110 valence electrons. The van der Waals surface area contributed by atoms with Crippen LogP contribution in [0.3, 0.4) is 0 Å². The summed E-state index contributed by atoms with van der Waals surface area (Å²) in [6, 6.07) is 10.3. The summed E-state index contributed by atoms with van der Waals surface area (Å²) in [5, 5.41) is 3.70. The molecular formula is C15H18N4O2. The molecule has 0 aliphatic carbocycles. The molecular weight excluding hydrogens is 268 g/mol. The van der Waals surface area contributed by atoms with Gasteiger partial charge in [-0.2, -0.15) is 4.98 Å². The lowest BCUT2D eigenvalue weighted by molar-refractivity contribution is -0.131. The molecule has 2 heterocycles. The third-order valence-electron chi connectivity index (χ3n) is 3.63. The van der Waals surface area contributed by atoms with Crippen molar-refractivity contribution in [2.45, 2.75) is 13.3 Å². The molecule has 0 saturated carbocycles. The van der Waals surface area contributed by atoms with Gasteiger partial charge in [-0.25, -0.2) is 0 Å². The number of aryl methyl sites for hydroxylation is 1. The minimum atomic E-state index is 0.0476. The second kappa shape index (κ2) is 5.95. The largest absolute Gasteiger partial charge is 0.368 e. The first kappa shape index (κ1) is 13.6. The molecule has 0 spiro atoms. The van der Waals surface area contributed by atoms with Gasteiger partial charge in [-0.1, -0.05) is 23.4 Å². The Labute approximate surface area is 123 Å². The number of nitrogens with zero attached hydrogens (tertiary/aromatic N) is 4. The molecule has 1 aromatic carbocycles. The van der Waals surface area contributed by atoms with Crippen LogP contribution in [0.2, 0.25) is 0 Å². The van der Waals surface area contributed by atoms with Gasteiger partial charge in [0.15, 0.2) is 5.82 Å². The maximum Gasteiger partial charge on any atom is 0.236 e. The number of carbonyl (C=O) groups is 1. The summed E-state index contributed by atoms with van der Waals surface area (Å²) in [4.78, 5) is 20.4. The van der Waals surface area contributed by atoms with Crippen molar-refractivity contribution in [3.63, 3.8) is 0 Å². The molecule has 0 N–H and O–H groups in total. The summed E-state index contributed by atoms with van der Waals surface area (Å²) in [5.41, 5.74) is 1.21. The van der Waals surface area contributed by atoms with Crippen molar-refractivity contribution in [3.05, 3.63) is 42.0 Å². The third-order valence-corrected chi connectivity index (χ3v) is 3.63. The van der Waals surface area contributed by atoms with Crippen LogP contribution in [-0.2, 0) is 11.2 Å². The van der Waals surface area contributed by atoms with E-state index in [4.69, 9.17) is 4.52 Å². The van der Waals surface area contributed by atoms with Crippen LogP contribution in [0.5, 0.6) is 0 Å².